The number of aliphatic imine (C=N–C) groups is 2. The summed E-state index contributed by atoms with van der Waals surface area (Å²) in [5, 5.41) is 6.01. The first-order chi connectivity index (χ1) is 11.1. The number of hydrogen-bond acceptors (Lipinski definition) is 8. The second-order valence-electron chi connectivity index (χ2n) is 4.37. The summed E-state index contributed by atoms with van der Waals surface area (Å²) in [6.07, 6.45) is 1.84. The summed E-state index contributed by atoms with van der Waals surface area (Å²) in [6, 6.07) is 0. The molecule has 0 aliphatic rings. The lowest BCUT2D eigenvalue weighted by atomic mass is 10.7. The van der Waals surface area contributed by atoms with Crippen LogP contribution in [0, 0.1) is 0 Å². The molecular formula is C10H24N6O4S4. The Morgan fingerprint density at radius 2 is 1.50 bits per heavy atom. The number of sulfonamides is 2. The van der Waals surface area contributed by atoms with E-state index in [1.165, 1.54) is 0 Å². The number of rotatable bonds is 9. The van der Waals surface area contributed by atoms with Crippen LogP contribution in [0.25, 0.3) is 0 Å². The summed E-state index contributed by atoms with van der Waals surface area (Å²) in [7, 11) is -0.580. The molecule has 0 saturated heterocycles. The molecule has 0 aliphatic heterocycles. The molecule has 0 aromatic carbocycles. The molecule has 0 unspecified atom stereocenters. The molecule has 0 rings (SSSR count). The molecule has 10 nitrogen and oxygen atoms in total. The van der Waals surface area contributed by atoms with E-state index in [1.807, 2.05) is 9.44 Å². The Bertz CT molecular complexity index is 596. The lowest BCUT2D eigenvalue weighted by Crippen LogP contribution is -2.43. The van der Waals surface area contributed by atoms with Crippen LogP contribution in [-0.2, 0) is 20.0 Å². The maximum absolute atomic E-state index is 11.2. The van der Waals surface area contributed by atoms with Gasteiger partial charge in [0.25, 0.3) is 0 Å². The van der Waals surface area contributed by atoms with Crippen LogP contribution in [0.15, 0.2) is 9.98 Å². The molecule has 0 aliphatic carbocycles. The lowest BCUT2D eigenvalue weighted by molar-refractivity contribution is 0.595. The molecule has 24 heavy (non-hydrogen) atoms. The molecule has 0 fully saturated rings. The van der Waals surface area contributed by atoms with Crippen molar-refractivity contribution in [2.75, 3.05) is 51.2 Å². The van der Waals surface area contributed by atoms with Crippen LogP contribution in [0.2, 0.25) is 0 Å². The summed E-state index contributed by atoms with van der Waals surface area (Å²) in [4.78, 5) is 7.90. The van der Waals surface area contributed by atoms with Gasteiger partial charge < -0.3 is 10.6 Å². The van der Waals surface area contributed by atoms with E-state index < -0.39 is 20.0 Å². The van der Waals surface area contributed by atoms with E-state index in [-0.39, 0.29) is 12.5 Å². The van der Waals surface area contributed by atoms with Crippen molar-refractivity contribution in [3.63, 3.8) is 0 Å². The van der Waals surface area contributed by atoms with Crippen molar-refractivity contribution in [2.45, 2.75) is 0 Å². The van der Waals surface area contributed by atoms with Crippen LogP contribution in [0.1, 0.15) is 0 Å². The van der Waals surface area contributed by atoms with Gasteiger partial charge in [-0.2, -0.15) is 0 Å². The van der Waals surface area contributed by atoms with Crippen molar-refractivity contribution >= 4 is 53.6 Å². The largest absolute Gasteiger partial charge is 0.359 e. The zero-order chi connectivity index (χ0) is 18.6. The monoisotopic (exact) mass is 420 g/mol. The third kappa shape index (κ3) is 14.7. The van der Waals surface area contributed by atoms with Gasteiger partial charge in [-0.05, 0) is 0 Å². The van der Waals surface area contributed by atoms with E-state index in [0.717, 1.165) is 24.8 Å². The van der Waals surface area contributed by atoms with Gasteiger partial charge in [0.1, 0.15) is 0 Å². The first-order valence-corrected chi connectivity index (χ1v) is 13.0. The third-order valence-electron chi connectivity index (χ3n) is 2.03. The number of nitrogens with zero attached hydrogens (tertiary/aromatic N) is 2. The van der Waals surface area contributed by atoms with Crippen molar-refractivity contribution in [3.8, 4) is 0 Å². The fourth-order valence-electron chi connectivity index (χ4n) is 1.24. The first-order valence-electron chi connectivity index (χ1n) is 6.70. The zero-order valence-electron chi connectivity index (χ0n) is 14.0. The van der Waals surface area contributed by atoms with Crippen LogP contribution < -0.4 is 20.1 Å². The second kappa shape index (κ2) is 11.7. The Labute approximate surface area is 151 Å². The van der Waals surface area contributed by atoms with Gasteiger partial charge in [0.05, 0.1) is 19.1 Å². The van der Waals surface area contributed by atoms with E-state index in [0.29, 0.717) is 11.7 Å². The van der Waals surface area contributed by atoms with Gasteiger partial charge >= 0.3 is 0 Å². The van der Waals surface area contributed by atoms with E-state index >= 15 is 0 Å². The highest BCUT2D eigenvalue weighted by molar-refractivity contribution is 8.76. The fraction of sp³-hybridized carbons (Fsp3) is 0.800. The Balaban J connectivity index is 4.14. The Morgan fingerprint density at radius 3 is 1.96 bits per heavy atom. The van der Waals surface area contributed by atoms with Gasteiger partial charge in [0.15, 0.2) is 5.96 Å². The van der Waals surface area contributed by atoms with E-state index in [9.17, 15) is 16.8 Å². The van der Waals surface area contributed by atoms with Gasteiger partial charge in [-0.15, -0.1) is 0 Å². The predicted octanol–water partition coefficient (Wildman–Crippen LogP) is -1.38. The molecule has 0 spiro atoms. The van der Waals surface area contributed by atoms with Crippen LogP contribution in [0.3, 0.4) is 0 Å². The summed E-state index contributed by atoms with van der Waals surface area (Å²) in [6.45, 7) is 1.01. The second-order valence-corrected chi connectivity index (χ2v) is 10.6. The maximum atomic E-state index is 11.2. The molecule has 0 saturated carbocycles. The topological polar surface area (TPSA) is 141 Å². The number of guanidine groups is 2. The molecular weight excluding hydrogens is 396 g/mol. The highest BCUT2D eigenvalue weighted by Gasteiger charge is 2.10. The van der Waals surface area contributed by atoms with Crippen LogP contribution in [0.4, 0.5) is 0 Å². The predicted molar refractivity (Wildman–Crippen MR) is 104 cm³/mol. The van der Waals surface area contributed by atoms with Gasteiger partial charge in [0.2, 0.25) is 26.0 Å². The van der Waals surface area contributed by atoms with Crippen molar-refractivity contribution < 1.29 is 16.8 Å². The van der Waals surface area contributed by atoms with Crippen molar-refractivity contribution in [1.82, 2.24) is 20.1 Å². The summed E-state index contributed by atoms with van der Waals surface area (Å²) in [5.41, 5.74) is 0. The SMILES string of the molecule is CN=C(NC)NCCSSCCN=C(NS(C)(=O)=O)NS(C)(=O)=O. The number of nitrogens with one attached hydrogen (secondary N) is 4. The normalized spacial score (nSPS) is 12.4. The first kappa shape index (κ1) is 23.1. The van der Waals surface area contributed by atoms with Crippen LogP contribution >= 0.6 is 21.6 Å². The molecule has 0 bridgehead atoms. The third-order valence-corrected chi connectivity index (χ3v) is 5.55. The minimum Gasteiger partial charge on any atom is -0.359 e. The van der Waals surface area contributed by atoms with Crippen molar-refractivity contribution in [2.24, 2.45) is 9.98 Å². The minimum atomic E-state index is -3.61. The highest BCUT2D eigenvalue weighted by atomic mass is 33.1. The van der Waals surface area contributed by atoms with E-state index in [1.54, 1.807) is 35.7 Å². The van der Waals surface area contributed by atoms with Crippen molar-refractivity contribution in [1.29, 1.82) is 0 Å². The smallest absolute Gasteiger partial charge is 0.232 e. The minimum absolute atomic E-state index is 0.268. The average Bonchev–Trinajstić information content (AvgIpc) is 2.42. The van der Waals surface area contributed by atoms with E-state index in [4.69, 9.17) is 0 Å². The Hall–Kier alpha value is -0.860. The summed E-state index contributed by atoms with van der Waals surface area (Å²) in [5.74, 6) is 1.86. The summed E-state index contributed by atoms with van der Waals surface area (Å²) < 4.78 is 48.8. The van der Waals surface area contributed by atoms with Gasteiger partial charge in [-0.1, -0.05) is 21.6 Å². The van der Waals surface area contributed by atoms with Gasteiger partial charge in [-0.3, -0.25) is 19.4 Å². The Morgan fingerprint density at radius 1 is 0.958 bits per heavy atom. The van der Waals surface area contributed by atoms with Crippen LogP contribution in [-0.4, -0.2) is 80.0 Å². The van der Waals surface area contributed by atoms with Crippen molar-refractivity contribution in [3.05, 3.63) is 0 Å². The molecule has 0 atom stereocenters. The zero-order valence-corrected chi connectivity index (χ0v) is 17.3. The van der Waals surface area contributed by atoms with Crippen LogP contribution in [0.5, 0.6) is 0 Å². The average molecular weight is 421 g/mol. The molecule has 0 aromatic heterocycles. The Kier molecular flexibility index (Phi) is 11.2. The molecule has 142 valence electrons. The molecule has 14 heteroatoms. The quantitative estimate of drug-likeness (QED) is 0.155. The lowest BCUT2D eigenvalue weighted by Gasteiger charge is -2.09. The van der Waals surface area contributed by atoms with E-state index in [2.05, 4.69) is 20.6 Å². The molecule has 4 N–H and O–H groups in total. The van der Waals surface area contributed by atoms with Gasteiger partial charge in [-0.25, -0.2) is 16.8 Å². The maximum Gasteiger partial charge on any atom is 0.232 e. The number of hydrogen-bond donors (Lipinski definition) is 4. The molecule has 0 amide bonds. The highest BCUT2D eigenvalue weighted by Crippen LogP contribution is 2.19. The molecule has 0 radical (unpaired) electrons. The molecule has 0 heterocycles. The molecule has 0 aromatic rings. The summed E-state index contributed by atoms with van der Waals surface area (Å²) >= 11 is 0. The fourth-order valence-corrected chi connectivity index (χ4v) is 4.01. The standard InChI is InChI=1S/C10H24N6O4S4/c1-11-9(12-2)13-5-7-21-22-8-6-14-10(15-23(3,17)18)16-24(4,19)20/h5-8H2,1-4H3,(H2,11,12,13)(H2,14,15,16). The van der Waals surface area contributed by atoms with Gasteiger partial charge in [0, 0.05) is 32.1 Å².